The summed E-state index contributed by atoms with van der Waals surface area (Å²) in [4.78, 5) is 28.6. The molecule has 36 heavy (non-hydrogen) atoms. The summed E-state index contributed by atoms with van der Waals surface area (Å²) in [5, 5.41) is 5.90. The summed E-state index contributed by atoms with van der Waals surface area (Å²) in [6.07, 6.45) is 7.97. The highest BCUT2D eigenvalue weighted by molar-refractivity contribution is 5.75. The Balaban J connectivity index is 0.000000686. The lowest BCUT2D eigenvalue weighted by molar-refractivity contribution is -0.759. The molecular formula is C26H46F3N4O3+. The van der Waals surface area contributed by atoms with Crippen molar-refractivity contribution in [2.45, 2.75) is 85.2 Å². The second-order valence-electron chi connectivity index (χ2n) is 8.58. The number of carbonyl (C=O) groups excluding carboxylic acids is 1. The van der Waals surface area contributed by atoms with E-state index in [0.717, 1.165) is 19.7 Å². The number of hydrogen-bond acceptors (Lipinski definition) is 5. The second kappa shape index (κ2) is 19.9. The Morgan fingerprint density at radius 1 is 1.03 bits per heavy atom. The first-order chi connectivity index (χ1) is 17.1. The fourth-order valence-electron chi connectivity index (χ4n) is 3.59. The third-order valence-electron chi connectivity index (χ3n) is 5.74. The van der Waals surface area contributed by atoms with Gasteiger partial charge in [-0.05, 0) is 32.1 Å². The van der Waals surface area contributed by atoms with Crippen LogP contribution in [0, 0.1) is 4.91 Å². The first-order valence-electron chi connectivity index (χ1n) is 13.0. The number of nitrogens with zero attached hydrogens (tertiary/aromatic N) is 2. The number of halogens is 3. The third kappa shape index (κ3) is 15.7. The van der Waals surface area contributed by atoms with Gasteiger partial charge in [0.25, 0.3) is 4.92 Å². The van der Waals surface area contributed by atoms with Crippen molar-refractivity contribution in [3.63, 3.8) is 0 Å². The average Bonchev–Trinajstić information content (AvgIpc) is 3.05. The van der Waals surface area contributed by atoms with Gasteiger partial charge in [0.05, 0.1) is 4.91 Å². The zero-order valence-corrected chi connectivity index (χ0v) is 22.7. The molecule has 0 fully saturated rings. The standard InChI is InChI=1S/C15H34N2.C11H11F3N2O3/c1-4-7-8-9-10-11-12-13-16-14-15-17(5-2)6-3;1-7(17)15-8-3-5-9(11(12,13)14)10(6-4-8)16(18)19-2/h16H,4-15H2,1-3H3;3-4,6H,5H2,1-2H3/p+1. The Bertz CT molecular complexity index is 730. The van der Waals surface area contributed by atoms with Gasteiger partial charge < -0.3 is 15.5 Å². The minimum absolute atomic E-state index is 0.189. The van der Waals surface area contributed by atoms with Crippen molar-refractivity contribution < 1.29 is 27.7 Å². The summed E-state index contributed by atoms with van der Waals surface area (Å²) in [5.41, 5.74) is -1.50. The molecule has 10 heteroatoms. The normalized spacial score (nSPS) is 13.6. The first-order valence-corrected chi connectivity index (χ1v) is 13.0. The molecule has 208 valence electrons. The predicted molar refractivity (Wildman–Crippen MR) is 138 cm³/mol. The van der Waals surface area contributed by atoms with Crippen LogP contribution in [0.5, 0.6) is 0 Å². The van der Waals surface area contributed by atoms with Crippen molar-refractivity contribution >= 4 is 5.91 Å². The highest BCUT2D eigenvalue weighted by Crippen LogP contribution is 2.33. The molecule has 0 aromatic carbocycles. The van der Waals surface area contributed by atoms with Crippen LogP contribution < -0.4 is 10.6 Å². The third-order valence-corrected chi connectivity index (χ3v) is 5.74. The van der Waals surface area contributed by atoms with E-state index >= 15 is 0 Å². The minimum Gasteiger partial charge on any atom is -0.327 e. The molecule has 7 nitrogen and oxygen atoms in total. The number of likely N-dealkylation sites (N-methyl/N-ethyl adjacent to an activating group) is 1. The monoisotopic (exact) mass is 519 g/mol. The van der Waals surface area contributed by atoms with Gasteiger partial charge in [0.2, 0.25) is 5.91 Å². The van der Waals surface area contributed by atoms with Crippen LogP contribution in [0.15, 0.2) is 35.2 Å². The van der Waals surface area contributed by atoms with Gasteiger partial charge >= 0.3 is 11.9 Å². The smallest absolute Gasteiger partial charge is 0.327 e. The minimum atomic E-state index is -4.66. The van der Waals surface area contributed by atoms with Gasteiger partial charge in [-0.15, -0.1) is 0 Å². The molecule has 1 aliphatic rings. The SMILES string of the molecule is CCCCCCCCCNCCN(CC)CC.CO[N+](=O)C1=C(C(F)(F)F)CC=C(NC(C)=O)C=C1. The lowest BCUT2D eigenvalue weighted by Crippen LogP contribution is -2.32. The van der Waals surface area contributed by atoms with E-state index < -0.39 is 29.8 Å². The number of unbranched alkanes of at least 4 members (excludes halogenated alkanes) is 6. The summed E-state index contributed by atoms with van der Waals surface area (Å²) >= 11 is 0. The van der Waals surface area contributed by atoms with Crippen molar-refractivity contribution in [2.24, 2.45) is 0 Å². The Hall–Kier alpha value is -2.20. The van der Waals surface area contributed by atoms with Gasteiger partial charge in [0, 0.05) is 38.2 Å². The summed E-state index contributed by atoms with van der Waals surface area (Å²) in [6.45, 7) is 13.9. The molecule has 0 unspecified atom stereocenters. The molecule has 0 aromatic heterocycles. The Morgan fingerprint density at radius 3 is 2.17 bits per heavy atom. The van der Waals surface area contributed by atoms with Gasteiger partial charge in [-0.2, -0.15) is 13.2 Å². The molecule has 0 atom stereocenters. The van der Waals surface area contributed by atoms with Crippen LogP contribution in [-0.4, -0.2) is 61.7 Å². The topological polar surface area (TPSA) is 73.7 Å². The largest absolute Gasteiger partial charge is 0.419 e. The molecule has 0 saturated carbocycles. The van der Waals surface area contributed by atoms with Crippen molar-refractivity contribution in [1.82, 2.24) is 15.5 Å². The van der Waals surface area contributed by atoms with Crippen molar-refractivity contribution in [2.75, 3.05) is 39.8 Å². The molecule has 0 saturated heterocycles. The summed E-state index contributed by atoms with van der Waals surface area (Å²) in [5.74, 6) is -0.418. The van der Waals surface area contributed by atoms with E-state index in [1.165, 1.54) is 90.2 Å². The summed E-state index contributed by atoms with van der Waals surface area (Å²) < 4.78 is 38.5. The highest BCUT2D eigenvalue weighted by atomic mass is 19.4. The number of rotatable bonds is 16. The van der Waals surface area contributed by atoms with Gasteiger partial charge in [-0.3, -0.25) is 4.79 Å². The van der Waals surface area contributed by atoms with E-state index in [0.29, 0.717) is 0 Å². The van der Waals surface area contributed by atoms with Crippen molar-refractivity contribution in [3.05, 3.63) is 40.1 Å². The van der Waals surface area contributed by atoms with Crippen LogP contribution in [0.3, 0.4) is 0 Å². The van der Waals surface area contributed by atoms with E-state index in [1.807, 2.05) is 0 Å². The van der Waals surface area contributed by atoms with Crippen LogP contribution >= 0.6 is 0 Å². The van der Waals surface area contributed by atoms with E-state index in [1.54, 1.807) is 0 Å². The highest BCUT2D eigenvalue weighted by Gasteiger charge is 2.42. The van der Waals surface area contributed by atoms with E-state index in [2.05, 4.69) is 41.1 Å². The Kier molecular flexibility index (Phi) is 18.7. The maximum absolute atomic E-state index is 12.8. The molecule has 1 rings (SSSR count). The molecule has 1 aliphatic carbocycles. The maximum atomic E-state index is 12.8. The second-order valence-corrected chi connectivity index (χ2v) is 8.58. The number of nitrogens with one attached hydrogen (secondary N) is 2. The molecule has 0 radical (unpaired) electrons. The Morgan fingerprint density at radius 2 is 1.64 bits per heavy atom. The molecule has 0 heterocycles. The zero-order chi connectivity index (χ0) is 27.4. The number of allylic oxidation sites excluding steroid dienone is 4. The summed E-state index contributed by atoms with van der Waals surface area (Å²) in [6, 6.07) is 0. The molecule has 0 aromatic rings. The zero-order valence-electron chi connectivity index (χ0n) is 22.7. The molecular weight excluding hydrogens is 473 g/mol. The lowest BCUT2D eigenvalue weighted by atomic mass is 10.1. The van der Waals surface area contributed by atoms with E-state index in [-0.39, 0.29) is 10.6 Å². The molecule has 2 N–H and O–H groups in total. The molecule has 0 spiro atoms. The number of alkyl halides is 3. The van der Waals surface area contributed by atoms with Crippen molar-refractivity contribution in [1.29, 1.82) is 0 Å². The number of hydrogen-bond donors (Lipinski definition) is 2. The average molecular weight is 520 g/mol. The van der Waals surface area contributed by atoms with Gasteiger partial charge in [-0.1, -0.05) is 65.4 Å². The fraction of sp³-hybridized carbons (Fsp3) is 0.731. The molecule has 0 bridgehead atoms. The van der Waals surface area contributed by atoms with Gasteiger partial charge in [0.15, 0.2) is 7.11 Å². The van der Waals surface area contributed by atoms with E-state index in [4.69, 9.17) is 0 Å². The van der Waals surface area contributed by atoms with Crippen LogP contribution in [0.4, 0.5) is 13.2 Å². The predicted octanol–water partition coefficient (Wildman–Crippen LogP) is 5.79. The summed E-state index contributed by atoms with van der Waals surface area (Å²) in [7, 11) is 0.967. The van der Waals surface area contributed by atoms with Crippen LogP contribution in [-0.2, 0) is 9.63 Å². The fourth-order valence-corrected chi connectivity index (χ4v) is 3.59. The van der Waals surface area contributed by atoms with Crippen molar-refractivity contribution in [3.8, 4) is 0 Å². The molecule has 0 aliphatic heterocycles. The Labute approximate surface area is 214 Å². The first kappa shape index (κ1) is 33.8. The van der Waals surface area contributed by atoms with E-state index in [9.17, 15) is 22.9 Å². The molecule has 1 amide bonds. The van der Waals surface area contributed by atoms with Crippen LogP contribution in [0.25, 0.3) is 0 Å². The van der Waals surface area contributed by atoms with Crippen LogP contribution in [0.1, 0.15) is 79.1 Å². The number of carbonyl (C=O) groups is 1. The van der Waals surface area contributed by atoms with Gasteiger partial charge in [-0.25, -0.2) is 4.84 Å². The van der Waals surface area contributed by atoms with Gasteiger partial charge in [0.1, 0.15) is 5.57 Å². The van der Waals surface area contributed by atoms with Crippen LogP contribution in [0.2, 0.25) is 0 Å². The quantitative estimate of drug-likeness (QED) is 0.199. The maximum Gasteiger partial charge on any atom is 0.419 e. The number of amides is 1. The lowest BCUT2D eigenvalue weighted by Gasteiger charge is -2.17.